The van der Waals surface area contributed by atoms with Crippen LogP contribution in [0.25, 0.3) is 0 Å². The summed E-state index contributed by atoms with van der Waals surface area (Å²) in [6.07, 6.45) is 1.21. The van der Waals surface area contributed by atoms with E-state index in [4.69, 9.17) is 11.6 Å². The van der Waals surface area contributed by atoms with Gasteiger partial charge in [0, 0.05) is 24.7 Å². The number of amides is 2. The van der Waals surface area contributed by atoms with E-state index in [2.05, 4.69) is 5.32 Å². The van der Waals surface area contributed by atoms with E-state index in [1.54, 1.807) is 19.1 Å². The molecule has 29 heavy (non-hydrogen) atoms. The quantitative estimate of drug-likeness (QED) is 0.739. The summed E-state index contributed by atoms with van der Waals surface area (Å²) in [6, 6.07) is 4.10. The summed E-state index contributed by atoms with van der Waals surface area (Å²) in [4.78, 5) is 26.0. The van der Waals surface area contributed by atoms with Crippen molar-refractivity contribution in [3.8, 4) is 0 Å². The minimum atomic E-state index is -4.15. The van der Waals surface area contributed by atoms with Crippen molar-refractivity contribution in [1.29, 1.82) is 0 Å². The number of carboxylic acid groups (broad SMARTS) is 1. The van der Waals surface area contributed by atoms with Crippen LogP contribution in [0, 0.1) is 12.8 Å². The summed E-state index contributed by atoms with van der Waals surface area (Å²) in [6.45, 7) is 3.12. The Morgan fingerprint density at radius 2 is 2.03 bits per heavy atom. The molecule has 2 atom stereocenters. The molecular weight excluding hydrogens is 418 g/mol. The molecule has 0 spiro atoms. The second kappa shape index (κ2) is 8.89. The minimum Gasteiger partial charge on any atom is -0.465 e. The lowest BCUT2D eigenvalue weighted by Crippen LogP contribution is -2.55. The van der Waals surface area contributed by atoms with Gasteiger partial charge in [0.2, 0.25) is 5.91 Å². The van der Waals surface area contributed by atoms with E-state index in [0.29, 0.717) is 42.9 Å². The normalized spacial score (nSPS) is 22.9. The van der Waals surface area contributed by atoms with Crippen LogP contribution in [0.1, 0.15) is 31.2 Å². The monoisotopic (exact) mass is 443 g/mol. The highest BCUT2D eigenvalue weighted by Gasteiger charge is 2.41. The van der Waals surface area contributed by atoms with Crippen molar-refractivity contribution in [3.63, 3.8) is 0 Å². The minimum absolute atomic E-state index is 0.00879. The van der Waals surface area contributed by atoms with Crippen molar-refractivity contribution in [2.45, 2.75) is 43.5 Å². The maximum absolute atomic E-state index is 13.6. The van der Waals surface area contributed by atoms with Crippen molar-refractivity contribution >= 4 is 33.6 Å². The summed E-state index contributed by atoms with van der Waals surface area (Å²) >= 11 is 6.14. The summed E-state index contributed by atoms with van der Waals surface area (Å²) < 4.78 is 28.2. The first-order valence-corrected chi connectivity index (χ1v) is 11.6. The predicted molar refractivity (Wildman–Crippen MR) is 108 cm³/mol. The Kier molecular flexibility index (Phi) is 6.70. The van der Waals surface area contributed by atoms with E-state index in [9.17, 15) is 23.1 Å². The molecule has 10 heteroatoms. The van der Waals surface area contributed by atoms with Crippen LogP contribution in [0.4, 0.5) is 4.79 Å². The van der Waals surface area contributed by atoms with Crippen LogP contribution in [0.2, 0.25) is 5.02 Å². The molecule has 2 heterocycles. The van der Waals surface area contributed by atoms with Crippen molar-refractivity contribution in [2.75, 3.05) is 26.2 Å². The zero-order valence-corrected chi connectivity index (χ0v) is 17.9. The maximum Gasteiger partial charge on any atom is 0.407 e. The van der Waals surface area contributed by atoms with E-state index in [-0.39, 0.29) is 11.4 Å². The van der Waals surface area contributed by atoms with Crippen LogP contribution < -0.4 is 5.32 Å². The zero-order chi connectivity index (χ0) is 21.2. The number of benzene rings is 1. The summed E-state index contributed by atoms with van der Waals surface area (Å²) in [5.74, 6) is -1.22. The number of hydrogen-bond acceptors (Lipinski definition) is 5. The molecule has 2 N–H and O–H groups in total. The molecule has 0 bridgehead atoms. The Bertz CT molecular complexity index is 886. The van der Waals surface area contributed by atoms with E-state index in [0.717, 1.165) is 17.3 Å². The molecule has 1 aromatic carbocycles. The molecule has 2 amide bonds. The van der Waals surface area contributed by atoms with E-state index in [1.165, 1.54) is 11.0 Å². The molecule has 0 aromatic heterocycles. The fourth-order valence-corrected chi connectivity index (χ4v) is 6.18. The Morgan fingerprint density at radius 3 is 2.69 bits per heavy atom. The van der Waals surface area contributed by atoms with Crippen LogP contribution >= 0.6 is 11.6 Å². The highest BCUT2D eigenvalue weighted by atomic mass is 35.5. The maximum atomic E-state index is 13.6. The molecule has 2 saturated heterocycles. The summed E-state index contributed by atoms with van der Waals surface area (Å²) in [5, 5.41) is 12.8. The molecule has 2 aliphatic rings. The third-order valence-corrected chi connectivity index (χ3v) is 8.02. The Morgan fingerprint density at radius 1 is 1.28 bits per heavy atom. The van der Waals surface area contributed by atoms with Gasteiger partial charge in [-0.05, 0) is 56.8 Å². The predicted octanol–water partition coefficient (Wildman–Crippen LogP) is 2.31. The van der Waals surface area contributed by atoms with E-state index in [1.807, 2.05) is 0 Å². The third kappa shape index (κ3) is 4.51. The number of rotatable bonds is 4. The second-order valence-corrected chi connectivity index (χ2v) is 9.76. The van der Waals surface area contributed by atoms with Crippen LogP contribution in [-0.4, -0.2) is 67.0 Å². The van der Waals surface area contributed by atoms with Gasteiger partial charge >= 0.3 is 6.09 Å². The van der Waals surface area contributed by atoms with Gasteiger partial charge in [0.05, 0.1) is 16.9 Å². The van der Waals surface area contributed by atoms with Crippen molar-refractivity contribution < 1.29 is 23.1 Å². The molecule has 0 saturated carbocycles. The molecule has 0 radical (unpaired) electrons. The molecule has 3 rings (SSSR count). The van der Waals surface area contributed by atoms with Crippen LogP contribution in [0.5, 0.6) is 0 Å². The molecule has 0 aliphatic carbocycles. The number of nitrogens with one attached hydrogen (secondary N) is 1. The SMILES string of the molecule is Cc1c(Cl)cccc1S(=O)(=O)N(C(=O)[C@H]1CCCN(C(=O)O)C1)[C@H]1CCCNC1. The van der Waals surface area contributed by atoms with Gasteiger partial charge in [0.15, 0.2) is 0 Å². The van der Waals surface area contributed by atoms with Gasteiger partial charge in [0.1, 0.15) is 0 Å². The van der Waals surface area contributed by atoms with Crippen molar-refractivity contribution in [1.82, 2.24) is 14.5 Å². The lowest BCUT2D eigenvalue weighted by Gasteiger charge is -2.38. The van der Waals surface area contributed by atoms with Crippen molar-refractivity contribution in [2.24, 2.45) is 5.92 Å². The summed E-state index contributed by atoms with van der Waals surface area (Å²) in [7, 11) is -4.15. The Balaban J connectivity index is 1.99. The number of hydrogen-bond donors (Lipinski definition) is 2. The second-order valence-electron chi connectivity index (χ2n) is 7.57. The highest BCUT2D eigenvalue weighted by Crippen LogP contribution is 2.31. The average Bonchev–Trinajstić information content (AvgIpc) is 2.70. The van der Waals surface area contributed by atoms with Gasteiger partial charge < -0.3 is 15.3 Å². The average molecular weight is 444 g/mol. The molecule has 160 valence electrons. The number of sulfonamides is 1. The molecule has 0 unspecified atom stereocenters. The molecule has 2 fully saturated rings. The molecule has 2 aliphatic heterocycles. The number of carbonyl (C=O) groups is 2. The van der Waals surface area contributed by atoms with Gasteiger partial charge in [-0.1, -0.05) is 17.7 Å². The molecular formula is C19H26ClN3O5S. The van der Waals surface area contributed by atoms with Gasteiger partial charge in [-0.2, -0.15) is 0 Å². The van der Waals surface area contributed by atoms with E-state index >= 15 is 0 Å². The van der Waals surface area contributed by atoms with Crippen LogP contribution in [0.15, 0.2) is 23.1 Å². The van der Waals surface area contributed by atoms with Gasteiger partial charge in [0.25, 0.3) is 10.0 Å². The smallest absolute Gasteiger partial charge is 0.407 e. The van der Waals surface area contributed by atoms with Crippen molar-refractivity contribution in [3.05, 3.63) is 28.8 Å². The molecule has 1 aromatic rings. The van der Waals surface area contributed by atoms with Gasteiger partial charge in [-0.15, -0.1) is 0 Å². The van der Waals surface area contributed by atoms with Crippen LogP contribution in [-0.2, 0) is 14.8 Å². The number of piperidine rings is 2. The summed E-state index contributed by atoms with van der Waals surface area (Å²) in [5.41, 5.74) is 0.395. The van der Waals surface area contributed by atoms with Crippen LogP contribution in [0.3, 0.4) is 0 Å². The largest absolute Gasteiger partial charge is 0.465 e. The number of likely N-dealkylation sites (tertiary alicyclic amines) is 1. The Labute approximate surface area is 175 Å². The lowest BCUT2D eigenvalue weighted by molar-refractivity contribution is -0.133. The first kappa shape index (κ1) is 21.9. The first-order valence-electron chi connectivity index (χ1n) is 9.75. The lowest BCUT2D eigenvalue weighted by atomic mass is 9.96. The zero-order valence-electron chi connectivity index (χ0n) is 16.3. The highest BCUT2D eigenvalue weighted by molar-refractivity contribution is 7.89. The Hall–Kier alpha value is -1.84. The fourth-order valence-electron chi connectivity index (χ4n) is 4.03. The van der Waals surface area contributed by atoms with Gasteiger partial charge in [-0.3, -0.25) is 4.79 Å². The third-order valence-electron chi connectivity index (χ3n) is 5.62. The standard InChI is InChI=1S/C19H26ClN3O5S/c1-13-16(20)7-2-8-17(13)29(27,28)23(15-6-3-9-21-11-15)18(24)14-5-4-10-22(12-14)19(25)26/h2,7-8,14-15,21H,3-6,9-12H2,1H3,(H,25,26)/t14-,15-/m0/s1. The number of nitrogens with zero attached hydrogens (tertiary/aromatic N) is 2. The van der Waals surface area contributed by atoms with E-state index < -0.39 is 34.0 Å². The first-order chi connectivity index (χ1) is 13.7. The molecule has 8 nitrogen and oxygen atoms in total. The topological polar surface area (TPSA) is 107 Å². The fraction of sp³-hybridized carbons (Fsp3) is 0.579. The number of carbonyl (C=O) groups excluding carboxylic acids is 1. The number of halogens is 1. The van der Waals surface area contributed by atoms with Gasteiger partial charge in [-0.25, -0.2) is 17.5 Å².